The molecule has 2 rings (SSSR count). The van der Waals surface area contributed by atoms with Crippen LogP contribution in [0, 0.1) is 11.3 Å². The Morgan fingerprint density at radius 3 is 2.84 bits per heavy atom. The van der Waals surface area contributed by atoms with Crippen LogP contribution in [0.5, 0.6) is 5.75 Å². The zero-order chi connectivity index (χ0) is 13.7. The smallest absolute Gasteiger partial charge is 0.136 e. The van der Waals surface area contributed by atoms with Gasteiger partial charge >= 0.3 is 0 Å². The third-order valence-corrected chi connectivity index (χ3v) is 4.33. The van der Waals surface area contributed by atoms with Crippen LogP contribution in [-0.2, 0) is 13.1 Å². The Hall–Kier alpha value is -1.35. The quantitative estimate of drug-likeness (QED) is 0.905. The molecule has 1 aromatic heterocycles. The molecule has 0 saturated heterocycles. The molecule has 0 saturated carbocycles. The number of halogens is 1. The Morgan fingerprint density at radius 2 is 2.21 bits per heavy atom. The number of nitrogens with zero attached hydrogens (tertiary/aromatic N) is 1. The SMILES string of the molecule is COc1cc(CNCc2cc(Br)cs2)ccc1C#N. The molecule has 1 heterocycles. The van der Waals surface area contributed by atoms with E-state index in [1.807, 2.05) is 12.1 Å². The highest BCUT2D eigenvalue weighted by molar-refractivity contribution is 9.10. The van der Waals surface area contributed by atoms with Crippen LogP contribution >= 0.6 is 27.3 Å². The van der Waals surface area contributed by atoms with Crippen molar-refractivity contribution in [2.24, 2.45) is 0 Å². The molecule has 98 valence electrons. The van der Waals surface area contributed by atoms with E-state index in [-0.39, 0.29) is 0 Å². The average molecular weight is 337 g/mol. The van der Waals surface area contributed by atoms with Crippen LogP contribution in [-0.4, -0.2) is 7.11 Å². The molecule has 0 spiro atoms. The van der Waals surface area contributed by atoms with Crippen LogP contribution in [0.3, 0.4) is 0 Å². The molecule has 5 heteroatoms. The van der Waals surface area contributed by atoms with Gasteiger partial charge in [0.05, 0.1) is 12.7 Å². The maximum Gasteiger partial charge on any atom is 0.136 e. The van der Waals surface area contributed by atoms with E-state index in [0.717, 1.165) is 23.1 Å². The fourth-order valence-corrected chi connectivity index (χ4v) is 3.14. The molecule has 0 radical (unpaired) electrons. The maximum atomic E-state index is 8.92. The predicted molar refractivity (Wildman–Crippen MR) is 80.3 cm³/mol. The molecule has 3 nitrogen and oxygen atoms in total. The summed E-state index contributed by atoms with van der Waals surface area (Å²) in [5.74, 6) is 0.626. The number of benzene rings is 1. The van der Waals surface area contributed by atoms with Gasteiger partial charge in [0, 0.05) is 27.8 Å². The lowest BCUT2D eigenvalue weighted by molar-refractivity contribution is 0.412. The minimum Gasteiger partial charge on any atom is -0.495 e. The van der Waals surface area contributed by atoms with Crippen LogP contribution in [0.25, 0.3) is 0 Å². The second-order valence-corrected chi connectivity index (χ2v) is 5.89. The molecule has 0 fully saturated rings. The van der Waals surface area contributed by atoms with Crippen molar-refractivity contribution >= 4 is 27.3 Å². The van der Waals surface area contributed by atoms with Crippen molar-refractivity contribution < 1.29 is 4.74 Å². The van der Waals surface area contributed by atoms with Crippen molar-refractivity contribution in [3.8, 4) is 11.8 Å². The van der Waals surface area contributed by atoms with Crippen molar-refractivity contribution in [3.63, 3.8) is 0 Å². The van der Waals surface area contributed by atoms with E-state index < -0.39 is 0 Å². The Bertz CT molecular complexity index is 604. The summed E-state index contributed by atoms with van der Waals surface area (Å²) < 4.78 is 6.31. The van der Waals surface area contributed by atoms with Crippen molar-refractivity contribution in [1.82, 2.24) is 5.32 Å². The van der Waals surface area contributed by atoms with Gasteiger partial charge in [-0.1, -0.05) is 6.07 Å². The summed E-state index contributed by atoms with van der Waals surface area (Å²) in [5.41, 5.74) is 1.67. The average Bonchev–Trinajstić information content (AvgIpc) is 2.84. The Morgan fingerprint density at radius 1 is 1.37 bits per heavy atom. The number of rotatable bonds is 5. The normalized spacial score (nSPS) is 10.2. The number of thiophene rings is 1. The predicted octanol–water partition coefficient (Wildman–Crippen LogP) is 3.68. The summed E-state index contributed by atoms with van der Waals surface area (Å²) in [6.07, 6.45) is 0. The fourth-order valence-electron chi connectivity index (χ4n) is 1.71. The summed E-state index contributed by atoms with van der Waals surface area (Å²) in [6.45, 7) is 1.58. The maximum absolute atomic E-state index is 8.92. The van der Waals surface area contributed by atoms with E-state index in [9.17, 15) is 0 Å². The third-order valence-electron chi connectivity index (χ3n) is 2.64. The van der Waals surface area contributed by atoms with E-state index in [1.165, 1.54) is 4.88 Å². The zero-order valence-electron chi connectivity index (χ0n) is 10.4. The minimum absolute atomic E-state index is 0.563. The molecule has 1 N–H and O–H groups in total. The van der Waals surface area contributed by atoms with Gasteiger partial charge in [-0.2, -0.15) is 5.26 Å². The zero-order valence-corrected chi connectivity index (χ0v) is 12.8. The summed E-state index contributed by atoms with van der Waals surface area (Å²) in [7, 11) is 1.58. The number of nitrogens with one attached hydrogen (secondary N) is 1. The Labute approximate surface area is 125 Å². The second kappa shape index (κ2) is 6.71. The van der Waals surface area contributed by atoms with Crippen molar-refractivity contribution in [2.45, 2.75) is 13.1 Å². The fraction of sp³-hybridized carbons (Fsp3) is 0.214. The highest BCUT2D eigenvalue weighted by atomic mass is 79.9. The number of hydrogen-bond donors (Lipinski definition) is 1. The summed E-state index contributed by atoms with van der Waals surface area (Å²) in [6, 6.07) is 9.85. The summed E-state index contributed by atoms with van der Waals surface area (Å²) >= 11 is 5.16. The topological polar surface area (TPSA) is 45.0 Å². The Balaban J connectivity index is 1.94. The van der Waals surface area contributed by atoms with Crippen molar-refractivity contribution in [2.75, 3.05) is 7.11 Å². The summed E-state index contributed by atoms with van der Waals surface area (Å²) in [4.78, 5) is 1.28. The molecule has 19 heavy (non-hydrogen) atoms. The van der Waals surface area contributed by atoms with Gasteiger partial charge < -0.3 is 10.1 Å². The van der Waals surface area contributed by atoms with E-state index in [0.29, 0.717) is 11.3 Å². The molecule has 0 aliphatic carbocycles. The van der Waals surface area contributed by atoms with Gasteiger partial charge in [0.1, 0.15) is 11.8 Å². The molecular weight excluding hydrogens is 324 g/mol. The highest BCUT2D eigenvalue weighted by Gasteiger charge is 2.04. The lowest BCUT2D eigenvalue weighted by Gasteiger charge is -2.07. The second-order valence-electron chi connectivity index (χ2n) is 3.98. The van der Waals surface area contributed by atoms with Crippen LogP contribution in [0.2, 0.25) is 0 Å². The van der Waals surface area contributed by atoms with Crippen LogP contribution in [0.15, 0.2) is 34.1 Å². The molecule has 0 aliphatic heterocycles. The van der Waals surface area contributed by atoms with Gasteiger partial charge in [0.2, 0.25) is 0 Å². The highest BCUT2D eigenvalue weighted by Crippen LogP contribution is 2.21. The van der Waals surface area contributed by atoms with Gasteiger partial charge in [0.15, 0.2) is 0 Å². The van der Waals surface area contributed by atoms with Crippen LogP contribution < -0.4 is 10.1 Å². The first-order valence-electron chi connectivity index (χ1n) is 5.73. The van der Waals surface area contributed by atoms with E-state index in [2.05, 4.69) is 38.8 Å². The Kier molecular flexibility index (Phi) is 4.97. The van der Waals surface area contributed by atoms with E-state index in [1.54, 1.807) is 24.5 Å². The van der Waals surface area contributed by atoms with Gasteiger partial charge in [-0.05, 0) is 39.7 Å². The lowest BCUT2D eigenvalue weighted by atomic mass is 10.1. The van der Waals surface area contributed by atoms with Crippen molar-refractivity contribution in [3.05, 3.63) is 50.1 Å². The largest absolute Gasteiger partial charge is 0.495 e. The van der Waals surface area contributed by atoms with Gasteiger partial charge in [-0.25, -0.2) is 0 Å². The van der Waals surface area contributed by atoms with E-state index in [4.69, 9.17) is 10.00 Å². The molecular formula is C14H13BrN2OS. The molecule has 1 aromatic carbocycles. The van der Waals surface area contributed by atoms with Gasteiger partial charge in [-0.15, -0.1) is 11.3 Å². The number of methoxy groups -OCH3 is 1. The van der Waals surface area contributed by atoms with Crippen molar-refractivity contribution in [1.29, 1.82) is 5.26 Å². The molecule has 0 amide bonds. The van der Waals surface area contributed by atoms with Gasteiger partial charge in [-0.3, -0.25) is 0 Å². The standard InChI is InChI=1S/C14H13BrN2OS/c1-18-14-4-10(2-3-11(14)6-16)7-17-8-13-5-12(15)9-19-13/h2-5,9,17H,7-8H2,1H3. The lowest BCUT2D eigenvalue weighted by Crippen LogP contribution is -2.11. The molecule has 0 atom stereocenters. The molecule has 0 aliphatic rings. The van der Waals surface area contributed by atoms with Gasteiger partial charge in [0.25, 0.3) is 0 Å². The first kappa shape index (κ1) is 14.1. The summed E-state index contributed by atoms with van der Waals surface area (Å²) in [5, 5.41) is 14.4. The monoisotopic (exact) mass is 336 g/mol. The number of nitriles is 1. The molecule has 0 bridgehead atoms. The van der Waals surface area contributed by atoms with E-state index >= 15 is 0 Å². The number of ether oxygens (including phenoxy) is 1. The van der Waals surface area contributed by atoms with Crippen LogP contribution in [0.1, 0.15) is 16.0 Å². The first-order chi connectivity index (χ1) is 9.22. The minimum atomic E-state index is 0.563. The van der Waals surface area contributed by atoms with Crippen LogP contribution in [0.4, 0.5) is 0 Å². The number of hydrogen-bond acceptors (Lipinski definition) is 4. The molecule has 2 aromatic rings. The first-order valence-corrected chi connectivity index (χ1v) is 7.41. The molecule has 0 unspecified atom stereocenters. The third kappa shape index (κ3) is 3.80.